The van der Waals surface area contributed by atoms with Crippen molar-refractivity contribution in [1.29, 1.82) is 0 Å². The summed E-state index contributed by atoms with van der Waals surface area (Å²) >= 11 is 5.40. The molecule has 0 atom stereocenters. The van der Waals surface area contributed by atoms with Crippen molar-refractivity contribution in [2.75, 3.05) is 6.61 Å². The zero-order valence-electron chi connectivity index (χ0n) is 11.6. The van der Waals surface area contributed by atoms with Gasteiger partial charge in [-0.15, -0.1) is 0 Å². The maximum absolute atomic E-state index is 13.0. The molecule has 2 aromatic carbocycles. The summed E-state index contributed by atoms with van der Waals surface area (Å²) in [7, 11) is 0. The van der Waals surface area contributed by atoms with Crippen LogP contribution in [-0.2, 0) is 6.54 Å². The van der Waals surface area contributed by atoms with Crippen molar-refractivity contribution in [3.8, 4) is 5.75 Å². The molecular weight excluding hydrogens is 287 g/mol. The molecular formula is C16H15FN2OS. The van der Waals surface area contributed by atoms with Crippen molar-refractivity contribution < 1.29 is 9.13 Å². The Hall–Kier alpha value is -2.14. The summed E-state index contributed by atoms with van der Waals surface area (Å²) in [4.78, 5) is 3.19. The molecule has 0 fully saturated rings. The molecule has 21 heavy (non-hydrogen) atoms. The molecule has 3 nitrogen and oxygen atoms in total. The highest BCUT2D eigenvalue weighted by Gasteiger charge is 2.09. The van der Waals surface area contributed by atoms with Crippen LogP contribution < -0.4 is 4.74 Å². The predicted octanol–water partition coefficient (Wildman–Crippen LogP) is 4.28. The molecule has 0 radical (unpaired) electrons. The van der Waals surface area contributed by atoms with Gasteiger partial charge in [0, 0.05) is 0 Å². The molecule has 0 aliphatic carbocycles. The minimum absolute atomic E-state index is 0.236. The van der Waals surface area contributed by atoms with Gasteiger partial charge in [0.1, 0.15) is 17.1 Å². The van der Waals surface area contributed by atoms with Crippen LogP contribution in [0.5, 0.6) is 5.75 Å². The second-order valence-corrected chi connectivity index (χ2v) is 5.11. The molecule has 0 bridgehead atoms. The SMILES string of the molecule is CCOc1cccc2c1[nH]c(=S)n2Cc1ccc(F)cc1. The summed E-state index contributed by atoms with van der Waals surface area (Å²) < 4.78 is 21.2. The van der Waals surface area contributed by atoms with Gasteiger partial charge in [-0.3, -0.25) is 0 Å². The number of para-hydroxylation sites is 1. The molecule has 5 heteroatoms. The van der Waals surface area contributed by atoms with Gasteiger partial charge in [-0.25, -0.2) is 4.39 Å². The highest BCUT2D eigenvalue weighted by molar-refractivity contribution is 7.71. The first-order chi connectivity index (χ1) is 10.2. The van der Waals surface area contributed by atoms with Crippen molar-refractivity contribution in [2.24, 2.45) is 0 Å². The Kier molecular flexibility index (Phi) is 3.75. The smallest absolute Gasteiger partial charge is 0.178 e. The van der Waals surface area contributed by atoms with Crippen LogP contribution >= 0.6 is 12.2 Å². The number of ether oxygens (including phenoxy) is 1. The third-order valence-corrected chi connectivity index (χ3v) is 3.65. The Morgan fingerprint density at radius 1 is 1.19 bits per heavy atom. The van der Waals surface area contributed by atoms with Crippen molar-refractivity contribution in [1.82, 2.24) is 9.55 Å². The van der Waals surface area contributed by atoms with E-state index in [9.17, 15) is 4.39 Å². The zero-order chi connectivity index (χ0) is 14.8. The first kappa shape index (κ1) is 13.8. The van der Waals surface area contributed by atoms with E-state index in [4.69, 9.17) is 17.0 Å². The van der Waals surface area contributed by atoms with Gasteiger partial charge in [0.15, 0.2) is 4.77 Å². The van der Waals surface area contributed by atoms with Crippen LogP contribution in [0.2, 0.25) is 0 Å². The minimum Gasteiger partial charge on any atom is -0.492 e. The quantitative estimate of drug-likeness (QED) is 0.729. The summed E-state index contributed by atoms with van der Waals surface area (Å²) in [5, 5.41) is 0. The lowest BCUT2D eigenvalue weighted by Gasteiger charge is -2.07. The van der Waals surface area contributed by atoms with Crippen molar-refractivity contribution in [2.45, 2.75) is 13.5 Å². The second kappa shape index (κ2) is 5.69. The molecule has 0 aliphatic heterocycles. The van der Waals surface area contributed by atoms with E-state index in [1.165, 1.54) is 12.1 Å². The summed E-state index contributed by atoms with van der Waals surface area (Å²) in [6.45, 7) is 3.14. The molecule has 1 N–H and O–H groups in total. The lowest BCUT2D eigenvalue weighted by Crippen LogP contribution is -1.99. The third-order valence-electron chi connectivity index (χ3n) is 3.33. The summed E-state index contributed by atoms with van der Waals surface area (Å²) in [6.07, 6.45) is 0. The first-order valence-electron chi connectivity index (χ1n) is 6.78. The maximum atomic E-state index is 13.0. The van der Waals surface area contributed by atoms with Gasteiger partial charge in [-0.2, -0.15) is 0 Å². The lowest BCUT2D eigenvalue weighted by atomic mass is 10.2. The standard InChI is InChI=1S/C16H15FN2OS/c1-2-20-14-5-3-4-13-15(14)18-16(21)19(13)10-11-6-8-12(17)9-7-11/h3-9H,2,10H2,1H3,(H,18,21). The van der Waals surface area contributed by atoms with E-state index in [0.717, 1.165) is 22.3 Å². The lowest BCUT2D eigenvalue weighted by molar-refractivity contribution is 0.343. The number of rotatable bonds is 4. The average molecular weight is 302 g/mol. The molecule has 3 aromatic rings. The molecule has 0 saturated heterocycles. The number of hydrogen-bond acceptors (Lipinski definition) is 2. The highest BCUT2D eigenvalue weighted by atomic mass is 32.1. The van der Waals surface area contributed by atoms with Crippen LogP contribution in [0.15, 0.2) is 42.5 Å². The maximum Gasteiger partial charge on any atom is 0.178 e. The zero-order valence-corrected chi connectivity index (χ0v) is 12.4. The molecule has 1 aromatic heterocycles. The topological polar surface area (TPSA) is 29.9 Å². The number of imidazole rings is 1. The van der Waals surface area contributed by atoms with Gasteiger partial charge >= 0.3 is 0 Å². The number of nitrogens with one attached hydrogen (secondary N) is 1. The van der Waals surface area contributed by atoms with E-state index < -0.39 is 0 Å². The van der Waals surface area contributed by atoms with E-state index in [0.29, 0.717) is 17.9 Å². The Morgan fingerprint density at radius 2 is 1.95 bits per heavy atom. The molecule has 0 aliphatic rings. The Bertz CT molecular complexity index is 820. The largest absolute Gasteiger partial charge is 0.492 e. The number of H-pyrrole nitrogens is 1. The van der Waals surface area contributed by atoms with Crippen molar-refractivity contribution in [3.05, 3.63) is 58.6 Å². The van der Waals surface area contributed by atoms with Crippen molar-refractivity contribution >= 4 is 23.3 Å². The molecule has 0 spiro atoms. The molecule has 1 heterocycles. The molecule has 0 unspecified atom stereocenters. The molecule has 0 saturated carbocycles. The van der Waals surface area contributed by atoms with Crippen LogP contribution in [0.3, 0.4) is 0 Å². The third kappa shape index (κ3) is 2.69. The van der Waals surface area contributed by atoms with E-state index in [1.54, 1.807) is 12.1 Å². The Balaban J connectivity index is 2.06. The van der Waals surface area contributed by atoms with Crippen LogP contribution in [-0.4, -0.2) is 16.2 Å². The van der Waals surface area contributed by atoms with Gasteiger partial charge in [-0.05, 0) is 49.0 Å². The molecule has 108 valence electrons. The Labute approximate surface area is 127 Å². The van der Waals surface area contributed by atoms with E-state index in [1.807, 2.05) is 29.7 Å². The number of aromatic amines is 1. The molecule has 0 amide bonds. The fourth-order valence-corrected chi connectivity index (χ4v) is 2.62. The summed E-state index contributed by atoms with van der Waals surface area (Å²) in [6, 6.07) is 12.3. The van der Waals surface area contributed by atoms with E-state index in [2.05, 4.69) is 4.98 Å². The van der Waals surface area contributed by atoms with Crippen molar-refractivity contribution in [3.63, 3.8) is 0 Å². The fourth-order valence-electron chi connectivity index (χ4n) is 2.36. The number of nitrogens with zero attached hydrogens (tertiary/aromatic N) is 1. The van der Waals surface area contributed by atoms with Gasteiger partial charge < -0.3 is 14.3 Å². The summed E-state index contributed by atoms with van der Waals surface area (Å²) in [5.74, 6) is 0.555. The van der Waals surface area contributed by atoms with E-state index >= 15 is 0 Å². The summed E-state index contributed by atoms with van der Waals surface area (Å²) in [5.41, 5.74) is 2.87. The van der Waals surface area contributed by atoms with E-state index in [-0.39, 0.29) is 5.82 Å². The minimum atomic E-state index is -0.236. The average Bonchev–Trinajstić information content (AvgIpc) is 2.79. The fraction of sp³-hybridized carbons (Fsp3) is 0.188. The highest BCUT2D eigenvalue weighted by Crippen LogP contribution is 2.25. The number of hydrogen-bond donors (Lipinski definition) is 1. The number of benzene rings is 2. The number of aromatic nitrogens is 2. The number of halogens is 1. The first-order valence-corrected chi connectivity index (χ1v) is 7.18. The van der Waals surface area contributed by atoms with Gasteiger partial charge in [-0.1, -0.05) is 18.2 Å². The van der Waals surface area contributed by atoms with Crippen LogP contribution in [0, 0.1) is 10.6 Å². The second-order valence-electron chi connectivity index (χ2n) is 4.73. The number of fused-ring (bicyclic) bond motifs is 1. The Morgan fingerprint density at radius 3 is 2.67 bits per heavy atom. The van der Waals surface area contributed by atoms with Gasteiger partial charge in [0.05, 0.1) is 18.7 Å². The van der Waals surface area contributed by atoms with Crippen LogP contribution in [0.25, 0.3) is 11.0 Å². The van der Waals surface area contributed by atoms with Crippen LogP contribution in [0.4, 0.5) is 4.39 Å². The normalized spacial score (nSPS) is 11.0. The molecule has 3 rings (SSSR count). The van der Waals surface area contributed by atoms with Gasteiger partial charge in [0.25, 0.3) is 0 Å². The monoisotopic (exact) mass is 302 g/mol. The predicted molar refractivity (Wildman–Crippen MR) is 83.8 cm³/mol. The van der Waals surface area contributed by atoms with Crippen LogP contribution in [0.1, 0.15) is 12.5 Å². The van der Waals surface area contributed by atoms with Gasteiger partial charge in [0.2, 0.25) is 0 Å².